The first-order valence-electron chi connectivity index (χ1n) is 7.84. The zero-order valence-corrected chi connectivity index (χ0v) is 14.2. The largest absolute Gasteiger partial charge is 0.478 e. The number of carboxylic acids is 1. The second kappa shape index (κ2) is 5.96. The lowest BCUT2D eigenvalue weighted by atomic mass is 10.1. The van der Waals surface area contributed by atoms with Crippen LogP contribution < -0.4 is 0 Å². The fraction of sp³-hybridized carbons (Fsp3) is 0.278. The summed E-state index contributed by atoms with van der Waals surface area (Å²) in [4.78, 5) is 15.9. The molecule has 0 spiro atoms. The van der Waals surface area contributed by atoms with E-state index < -0.39 is 5.97 Å². The number of aromatic nitrogens is 4. The van der Waals surface area contributed by atoms with Crippen LogP contribution in [0.4, 0.5) is 0 Å². The van der Waals surface area contributed by atoms with Gasteiger partial charge in [-0.05, 0) is 44.0 Å². The summed E-state index contributed by atoms with van der Waals surface area (Å²) in [5, 5.41) is 14.8. The van der Waals surface area contributed by atoms with Crippen LogP contribution in [-0.4, -0.2) is 30.4 Å². The predicted molar refractivity (Wildman–Crippen MR) is 93.2 cm³/mol. The van der Waals surface area contributed by atoms with Crippen LogP contribution in [0.3, 0.4) is 0 Å². The number of fused-ring (bicyclic) bond motifs is 1. The summed E-state index contributed by atoms with van der Waals surface area (Å²) in [5.74, 6) is -0.0936. The molecular weight excluding hydrogens is 304 g/mol. The van der Waals surface area contributed by atoms with E-state index in [1.807, 2.05) is 50.8 Å². The standard InChI is InChI=1S/C18H20N4O2/c1-5-13(18(23)24)9-15-12(3)20-21(4)17(15)22-7-6-14-8-11(2)10-19-16(14)22/h6-10H,5H2,1-4H3,(H,23,24). The molecule has 0 bridgehead atoms. The normalized spacial score (nSPS) is 12.1. The molecule has 3 rings (SSSR count). The summed E-state index contributed by atoms with van der Waals surface area (Å²) in [6.07, 6.45) is 5.93. The van der Waals surface area contributed by atoms with E-state index in [9.17, 15) is 9.90 Å². The first kappa shape index (κ1) is 16.0. The van der Waals surface area contributed by atoms with Crippen molar-refractivity contribution >= 4 is 23.1 Å². The zero-order chi connectivity index (χ0) is 17.4. The van der Waals surface area contributed by atoms with Crippen LogP contribution in [0.15, 0.2) is 30.1 Å². The van der Waals surface area contributed by atoms with Crippen molar-refractivity contribution in [3.63, 3.8) is 0 Å². The van der Waals surface area contributed by atoms with Crippen molar-refractivity contribution in [3.8, 4) is 5.82 Å². The van der Waals surface area contributed by atoms with Gasteiger partial charge in [-0.2, -0.15) is 5.10 Å². The molecule has 0 aliphatic heterocycles. The third kappa shape index (κ3) is 2.60. The molecule has 3 aromatic heterocycles. The third-order valence-corrected chi connectivity index (χ3v) is 4.10. The van der Waals surface area contributed by atoms with Gasteiger partial charge in [0, 0.05) is 36.0 Å². The minimum absolute atomic E-state index is 0.354. The molecule has 1 N–H and O–H groups in total. The Morgan fingerprint density at radius 1 is 1.38 bits per heavy atom. The second-order valence-corrected chi connectivity index (χ2v) is 5.89. The molecule has 0 atom stereocenters. The Morgan fingerprint density at radius 2 is 2.12 bits per heavy atom. The van der Waals surface area contributed by atoms with Gasteiger partial charge in [-0.3, -0.25) is 9.25 Å². The summed E-state index contributed by atoms with van der Waals surface area (Å²) < 4.78 is 3.72. The average molecular weight is 324 g/mol. The van der Waals surface area contributed by atoms with Gasteiger partial charge in [0.05, 0.1) is 5.69 Å². The predicted octanol–water partition coefficient (Wildman–Crippen LogP) is 3.25. The van der Waals surface area contributed by atoms with Crippen LogP contribution >= 0.6 is 0 Å². The maximum Gasteiger partial charge on any atom is 0.331 e. The molecule has 0 amide bonds. The van der Waals surface area contributed by atoms with Crippen molar-refractivity contribution < 1.29 is 9.90 Å². The van der Waals surface area contributed by atoms with Gasteiger partial charge in [0.2, 0.25) is 0 Å². The lowest BCUT2D eigenvalue weighted by Gasteiger charge is -2.08. The summed E-state index contributed by atoms with van der Waals surface area (Å²) >= 11 is 0. The summed E-state index contributed by atoms with van der Waals surface area (Å²) in [7, 11) is 1.85. The van der Waals surface area contributed by atoms with Gasteiger partial charge >= 0.3 is 5.97 Å². The van der Waals surface area contributed by atoms with Gasteiger partial charge in [0.1, 0.15) is 11.5 Å². The van der Waals surface area contributed by atoms with Crippen molar-refractivity contribution in [1.82, 2.24) is 19.3 Å². The van der Waals surface area contributed by atoms with Crippen LogP contribution in [-0.2, 0) is 11.8 Å². The van der Waals surface area contributed by atoms with E-state index in [1.54, 1.807) is 10.8 Å². The van der Waals surface area contributed by atoms with E-state index in [0.29, 0.717) is 12.0 Å². The highest BCUT2D eigenvalue weighted by Gasteiger charge is 2.17. The van der Waals surface area contributed by atoms with E-state index in [0.717, 1.165) is 33.7 Å². The fourth-order valence-electron chi connectivity index (χ4n) is 2.91. The maximum atomic E-state index is 11.4. The van der Waals surface area contributed by atoms with E-state index in [4.69, 9.17) is 0 Å². The number of carboxylic acid groups (broad SMARTS) is 1. The Labute approximate surface area is 140 Å². The van der Waals surface area contributed by atoms with Crippen LogP contribution in [0.5, 0.6) is 0 Å². The van der Waals surface area contributed by atoms with Gasteiger partial charge in [0.15, 0.2) is 0 Å². The molecule has 3 heterocycles. The topological polar surface area (TPSA) is 72.9 Å². The van der Waals surface area contributed by atoms with E-state index in [1.165, 1.54) is 0 Å². The van der Waals surface area contributed by atoms with Crippen molar-refractivity contribution in [2.75, 3.05) is 0 Å². The van der Waals surface area contributed by atoms with Gasteiger partial charge in [-0.15, -0.1) is 0 Å². The van der Waals surface area contributed by atoms with Gasteiger partial charge in [0.25, 0.3) is 0 Å². The Kier molecular flexibility index (Phi) is 3.97. The SMILES string of the molecule is CCC(=Cc1c(C)nn(C)c1-n1ccc2cc(C)cnc21)C(=O)O. The number of rotatable bonds is 4. The average Bonchev–Trinajstić information content (AvgIpc) is 3.04. The molecule has 0 aromatic carbocycles. The lowest BCUT2D eigenvalue weighted by molar-refractivity contribution is -0.132. The number of hydrogen-bond acceptors (Lipinski definition) is 3. The van der Waals surface area contributed by atoms with E-state index in [2.05, 4.69) is 16.1 Å². The van der Waals surface area contributed by atoms with Crippen LogP contribution in [0, 0.1) is 13.8 Å². The van der Waals surface area contributed by atoms with Gasteiger partial charge < -0.3 is 5.11 Å². The molecule has 6 heteroatoms. The van der Waals surface area contributed by atoms with Crippen LogP contribution in [0.2, 0.25) is 0 Å². The highest BCUT2D eigenvalue weighted by atomic mass is 16.4. The molecule has 0 saturated carbocycles. The summed E-state index contributed by atoms with van der Waals surface area (Å²) in [5.41, 5.74) is 3.87. The molecule has 24 heavy (non-hydrogen) atoms. The van der Waals surface area contributed by atoms with Gasteiger partial charge in [-0.25, -0.2) is 9.78 Å². The highest BCUT2D eigenvalue weighted by molar-refractivity contribution is 5.93. The first-order valence-corrected chi connectivity index (χ1v) is 7.84. The lowest BCUT2D eigenvalue weighted by Crippen LogP contribution is -2.05. The number of pyridine rings is 1. The Balaban J connectivity index is 2.26. The summed E-state index contributed by atoms with van der Waals surface area (Å²) in [6.45, 7) is 5.72. The molecule has 0 radical (unpaired) electrons. The van der Waals surface area contributed by atoms with Crippen LogP contribution in [0.25, 0.3) is 22.9 Å². The minimum Gasteiger partial charge on any atom is -0.478 e. The fourth-order valence-corrected chi connectivity index (χ4v) is 2.91. The number of aryl methyl sites for hydroxylation is 3. The number of aliphatic carboxylic acids is 1. The smallest absolute Gasteiger partial charge is 0.331 e. The third-order valence-electron chi connectivity index (χ3n) is 4.10. The number of hydrogen-bond donors (Lipinski definition) is 1. The number of carbonyl (C=O) groups is 1. The second-order valence-electron chi connectivity index (χ2n) is 5.89. The molecule has 3 aromatic rings. The zero-order valence-electron chi connectivity index (χ0n) is 14.2. The molecule has 6 nitrogen and oxygen atoms in total. The molecule has 0 aliphatic rings. The molecular formula is C18H20N4O2. The number of nitrogens with zero attached hydrogens (tertiary/aromatic N) is 4. The molecule has 0 saturated heterocycles. The monoisotopic (exact) mass is 324 g/mol. The van der Waals surface area contributed by atoms with E-state index in [-0.39, 0.29) is 0 Å². The molecule has 0 fully saturated rings. The maximum absolute atomic E-state index is 11.4. The van der Waals surface area contributed by atoms with Crippen molar-refractivity contribution in [1.29, 1.82) is 0 Å². The van der Waals surface area contributed by atoms with Crippen molar-refractivity contribution in [2.45, 2.75) is 27.2 Å². The molecule has 124 valence electrons. The Hall–Kier alpha value is -2.89. The van der Waals surface area contributed by atoms with Crippen LogP contribution in [0.1, 0.15) is 30.2 Å². The van der Waals surface area contributed by atoms with Crippen molar-refractivity contribution in [2.24, 2.45) is 7.05 Å². The quantitative estimate of drug-likeness (QED) is 0.748. The van der Waals surface area contributed by atoms with Gasteiger partial charge in [-0.1, -0.05) is 6.92 Å². The molecule has 0 unspecified atom stereocenters. The molecule has 0 aliphatic carbocycles. The highest BCUT2D eigenvalue weighted by Crippen LogP contribution is 2.26. The van der Waals surface area contributed by atoms with E-state index >= 15 is 0 Å². The minimum atomic E-state index is -0.905. The Bertz CT molecular complexity index is 963. The Morgan fingerprint density at radius 3 is 2.79 bits per heavy atom. The first-order chi connectivity index (χ1) is 11.4. The van der Waals surface area contributed by atoms with Crippen molar-refractivity contribution in [3.05, 3.63) is 46.9 Å². The summed E-state index contributed by atoms with van der Waals surface area (Å²) in [6, 6.07) is 4.08.